The van der Waals surface area contributed by atoms with Crippen molar-refractivity contribution in [3.05, 3.63) is 29.6 Å². The van der Waals surface area contributed by atoms with Crippen molar-refractivity contribution < 1.29 is 0 Å². The van der Waals surface area contributed by atoms with Gasteiger partial charge in [-0.25, -0.2) is 0 Å². The Morgan fingerprint density at radius 1 is 1.41 bits per heavy atom. The number of aromatic nitrogens is 1. The van der Waals surface area contributed by atoms with E-state index >= 15 is 0 Å². The summed E-state index contributed by atoms with van der Waals surface area (Å²) >= 11 is 0. The maximum atomic E-state index is 4.44. The van der Waals surface area contributed by atoms with Gasteiger partial charge in [-0.15, -0.1) is 0 Å². The maximum absolute atomic E-state index is 4.44. The van der Waals surface area contributed by atoms with Gasteiger partial charge in [0, 0.05) is 17.9 Å². The number of nitrogens with one attached hydrogen (secondary N) is 1. The molecule has 0 amide bonds. The molecule has 1 aliphatic carbocycles. The van der Waals surface area contributed by atoms with Crippen LogP contribution in [0.25, 0.3) is 0 Å². The van der Waals surface area contributed by atoms with E-state index in [-0.39, 0.29) is 0 Å². The van der Waals surface area contributed by atoms with Gasteiger partial charge >= 0.3 is 0 Å². The third-order valence-corrected chi connectivity index (χ3v) is 4.07. The van der Waals surface area contributed by atoms with Gasteiger partial charge < -0.3 is 5.32 Å². The Hall–Kier alpha value is -0.890. The Labute approximate surface area is 105 Å². The summed E-state index contributed by atoms with van der Waals surface area (Å²) in [6, 6.07) is 4.85. The lowest BCUT2D eigenvalue weighted by molar-refractivity contribution is 0.305. The van der Waals surface area contributed by atoms with E-state index in [1.807, 2.05) is 13.1 Å². The summed E-state index contributed by atoms with van der Waals surface area (Å²) in [4.78, 5) is 4.44. The van der Waals surface area contributed by atoms with Gasteiger partial charge in [0.2, 0.25) is 0 Å². The van der Waals surface area contributed by atoms with Crippen LogP contribution in [0.5, 0.6) is 0 Å². The minimum atomic E-state index is 0.491. The molecule has 17 heavy (non-hydrogen) atoms. The second kappa shape index (κ2) is 5.63. The van der Waals surface area contributed by atoms with Crippen molar-refractivity contribution in [3.8, 4) is 0 Å². The fourth-order valence-corrected chi connectivity index (χ4v) is 3.07. The Balaban J connectivity index is 2.18. The molecular formula is C15H24N2. The predicted molar refractivity (Wildman–Crippen MR) is 71.9 cm³/mol. The van der Waals surface area contributed by atoms with Crippen LogP contribution in [0.2, 0.25) is 0 Å². The zero-order valence-electron chi connectivity index (χ0n) is 11.2. The van der Waals surface area contributed by atoms with Crippen LogP contribution in [0.15, 0.2) is 18.3 Å². The van der Waals surface area contributed by atoms with E-state index < -0.39 is 0 Å². The highest BCUT2D eigenvalue weighted by molar-refractivity contribution is 5.18. The summed E-state index contributed by atoms with van der Waals surface area (Å²) in [5.41, 5.74) is 2.46. The third kappa shape index (κ3) is 2.86. The largest absolute Gasteiger partial charge is 0.310 e. The van der Waals surface area contributed by atoms with Gasteiger partial charge in [0.25, 0.3) is 0 Å². The minimum Gasteiger partial charge on any atom is -0.310 e. The van der Waals surface area contributed by atoms with E-state index in [0.29, 0.717) is 6.04 Å². The number of pyridine rings is 1. The Morgan fingerprint density at radius 2 is 2.24 bits per heavy atom. The monoisotopic (exact) mass is 232 g/mol. The lowest BCUT2D eigenvalue weighted by Gasteiger charge is -2.28. The first-order valence-electron chi connectivity index (χ1n) is 6.88. The molecule has 0 aromatic carbocycles. The van der Waals surface area contributed by atoms with Crippen LogP contribution < -0.4 is 5.32 Å². The van der Waals surface area contributed by atoms with Crippen molar-refractivity contribution in [2.45, 2.75) is 46.1 Å². The lowest BCUT2D eigenvalue weighted by atomic mass is 9.86. The number of aryl methyl sites for hydroxylation is 1. The molecule has 0 spiro atoms. The highest BCUT2D eigenvalue weighted by Crippen LogP contribution is 2.39. The van der Waals surface area contributed by atoms with Crippen LogP contribution in [-0.4, -0.2) is 11.5 Å². The molecule has 1 aromatic rings. The molecule has 0 bridgehead atoms. The molecule has 0 radical (unpaired) electrons. The maximum Gasteiger partial charge on any atom is 0.0372 e. The number of hydrogen-bond acceptors (Lipinski definition) is 2. The molecule has 1 heterocycles. The highest BCUT2D eigenvalue weighted by Gasteiger charge is 2.31. The van der Waals surface area contributed by atoms with E-state index in [1.165, 1.54) is 24.8 Å². The molecule has 1 saturated carbocycles. The van der Waals surface area contributed by atoms with Crippen molar-refractivity contribution in [1.29, 1.82) is 0 Å². The number of rotatable bonds is 4. The van der Waals surface area contributed by atoms with Gasteiger partial charge in [-0.05, 0) is 43.4 Å². The molecule has 0 aliphatic heterocycles. The molecule has 1 N–H and O–H groups in total. The smallest absolute Gasteiger partial charge is 0.0372 e. The molecule has 2 rings (SSSR count). The molecule has 94 valence electrons. The topological polar surface area (TPSA) is 24.9 Å². The van der Waals surface area contributed by atoms with Crippen LogP contribution in [0, 0.1) is 18.8 Å². The summed E-state index contributed by atoms with van der Waals surface area (Å²) in [6.45, 7) is 7.66. The summed E-state index contributed by atoms with van der Waals surface area (Å²) in [7, 11) is 0. The standard InChI is InChI=1S/C15H24N2/c1-4-16-15(14-7-5-6-11(14)2)13-9-8-12(3)17-10-13/h8-11,14-16H,4-7H2,1-3H3. The summed E-state index contributed by atoms with van der Waals surface area (Å²) in [5, 5.41) is 3.65. The summed E-state index contributed by atoms with van der Waals surface area (Å²) in [6.07, 6.45) is 6.17. The molecule has 3 unspecified atom stereocenters. The van der Waals surface area contributed by atoms with E-state index in [9.17, 15) is 0 Å². The molecular weight excluding hydrogens is 208 g/mol. The molecule has 2 heteroatoms. The highest BCUT2D eigenvalue weighted by atomic mass is 14.9. The average Bonchev–Trinajstić information content (AvgIpc) is 2.74. The summed E-state index contributed by atoms with van der Waals surface area (Å²) < 4.78 is 0. The minimum absolute atomic E-state index is 0.491. The van der Waals surface area contributed by atoms with Crippen LogP contribution in [-0.2, 0) is 0 Å². The quantitative estimate of drug-likeness (QED) is 0.859. The van der Waals surface area contributed by atoms with Crippen molar-refractivity contribution in [2.24, 2.45) is 11.8 Å². The summed E-state index contributed by atoms with van der Waals surface area (Å²) in [5.74, 6) is 1.61. The SMILES string of the molecule is CCNC(c1ccc(C)nc1)C1CCCC1C. The molecule has 0 saturated heterocycles. The van der Waals surface area contributed by atoms with Crippen LogP contribution in [0.4, 0.5) is 0 Å². The van der Waals surface area contributed by atoms with Crippen molar-refractivity contribution in [2.75, 3.05) is 6.54 Å². The number of hydrogen-bond donors (Lipinski definition) is 1. The van der Waals surface area contributed by atoms with Gasteiger partial charge in [0.15, 0.2) is 0 Å². The van der Waals surface area contributed by atoms with E-state index in [4.69, 9.17) is 0 Å². The van der Waals surface area contributed by atoms with Crippen LogP contribution in [0.3, 0.4) is 0 Å². The van der Waals surface area contributed by atoms with Crippen molar-refractivity contribution in [3.63, 3.8) is 0 Å². The first-order chi connectivity index (χ1) is 8.22. The average molecular weight is 232 g/mol. The van der Waals surface area contributed by atoms with Crippen LogP contribution in [0.1, 0.15) is 50.4 Å². The van der Waals surface area contributed by atoms with E-state index in [0.717, 1.165) is 24.1 Å². The first-order valence-corrected chi connectivity index (χ1v) is 6.88. The molecule has 3 atom stereocenters. The lowest BCUT2D eigenvalue weighted by Crippen LogP contribution is -2.29. The molecule has 1 fully saturated rings. The second-order valence-corrected chi connectivity index (χ2v) is 5.34. The fraction of sp³-hybridized carbons (Fsp3) is 0.667. The molecule has 1 aromatic heterocycles. The third-order valence-electron chi connectivity index (χ3n) is 4.07. The van der Waals surface area contributed by atoms with Gasteiger partial charge in [-0.1, -0.05) is 32.8 Å². The van der Waals surface area contributed by atoms with Crippen molar-refractivity contribution in [1.82, 2.24) is 10.3 Å². The van der Waals surface area contributed by atoms with Gasteiger partial charge in [-0.2, -0.15) is 0 Å². The van der Waals surface area contributed by atoms with Gasteiger partial charge in [-0.3, -0.25) is 4.98 Å². The molecule has 1 aliphatic rings. The Kier molecular flexibility index (Phi) is 4.16. The predicted octanol–water partition coefficient (Wildman–Crippen LogP) is 3.48. The second-order valence-electron chi connectivity index (χ2n) is 5.34. The Morgan fingerprint density at radius 3 is 2.76 bits per heavy atom. The van der Waals surface area contributed by atoms with E-state index in [2.05, 4.69) is 36.3 Å². The van der Waals surface area contributed by atoms with Gasteiger partial charge in [0.05, 0.1) is 0 Å². The zero-order valence-corrected chi connectivity index (χ0v) is 11.2. The number of nitrogens with zero attached hydrogens (tertiary/aromatic N) is 1. The van der Waals surface area contributed by atoms with Crippen molar-refractivity contribution >= 4 is 0 Å². The molecule has 2 nitrogen and oxygen atoms in total. The van der Waals surface area contributed by atoms with Gasteiger partial charge in [0.1, 0.15) is 0 Å². The normalized spacial score (nSPS) is 26.1. The zero-order chi connectivity index (χ0) is 12.3. The Bertz CT molecular complexity index is 344. The first kappa shape index (κ1) is 12.6. The fourth-order valence-electron chi connectivity index (χ4n) is 3.07. The van der Waals surface area contributed by atoms with Crippen LogP contribution >= 0.6 is 0 Å². The van der Waals surface area contributed by atoms with E-state index in [1.54, 1.807) is 0 Å².